The Bertz CT molecular complexity index is 2160. The molecule has 172 valence electrons. The van der Waals surface area contributed by atoms with Gasteiger partial charge < -0.3 is 0 Å². The van der Waals surface area contributed by atoms with Crippen LogP contribution in [0.1, 0.15) is 0 Å². The van der Waals surface area contributed by atoms with E-state index in [2.05, 4.69) is 114 Å². The van der Waals surface area contributed by atoms with Gasteiger partial charge in [-0.15, -0.1) is 11.3 Å². The molecule has 0 bridgehead atoms. The number of aromatic nitrogens is 2. The molecule has 0 aliphatic rings. The molecule has 0 aliphatic carbocycles. The summed E-state index contributed by atoms with van der Waals surface area (Å²) in [6, 6.07) is 41.2. The summed E-state index contributed by atoms with van der Waals surface area (Å²) in [5.41, 5.74) is 6.52. The third-order valence-corrected chi connectivity index (χ3v) is 8.55. The minimum atomic E-state index is 0.943. The predicted molar refractivity (Wildman–Crippen MR) is 158 cm³/mol. The van der Waals surface area contributed by atoms with E-state index in [-0.39, 0.29) is 0 Å². The largest absolute Gasteiger partial charge is 0.254 e. The molecular formula is C34H20N2S. The van der Waals surface area contributed by atoms with Gasteiger partial charge in [-0.25, -0.2) is 4.98 Å². The van der Waals surface area contributed by atoms with Crippen molar-refractivity contribution in [2.24, 2.45) is 0 Å². The van der Waals surface area contributed by atoms with Gasteiger partial charge in [-0.05, 0) is 34.5 Å². The Morgan fingerprint density at radius 1 is 0.459 bits per heavy atom. The molecule has 0 fully saturated rings. The number of rotatable bonds is 2. The zero-order chi connectivity index (χ0) is 24.3. The summed E-state index contributed by atoms with van der Waals surface area (Å²) in [6.45, 7) is 0. The maximum absolute atomic E-state index is 5.14. The number of hydrogen-bond acceptors (Lipinski definition) is 3. The first-order valence-corrected chi connectivity index (χ1v) is 13.2. The molecular weight excluding hydrogens is 468 g/mol. The molecule has 0 N–H and O–H groups in total. The SMILES string of the molecule is c1cnc2c(c1)ccc1ccc(-c3ccc(-c4cccc5c4sc4ccccc45)c4ccccc34)nc12. The summed E-state index contributed by atoms with van der Waals surface area (Å²) < 4.78 is 2.66. The lowest BCUT2D eigenvalue weighted by molar-refractivity contribution is 1.37. The van der Waals surface area contributed by atoms with Crippen LogP contribution in [0.4, 0.5) is 0 Å². The lowest BCUT2D eigenvalue weighted by Crippen LogP contribution is -1.91. The van der Waals surface area contributed by atoms with Gasteiger partial charge in [0.05, 0.1) is 16.7 Å². The highest BCUT2D eigenvalue weighted by Crippen LogP contribution is 2.43. The summed E-state index contributed by atoms with van der Waals surface area (Å²) in [7, 11) is 0. The lowest BCUT2D eigenvalue weighted by atomic mass is 9.93. The Hall–Kier alpha value is -4.60. The minimum Gasteiger partial charge on any atom is -0.254 e. The van der Waals surface area contributed by atoms with Crippen LogP contribution >= 0.6 is 11.3 Å². The van der Waals surface area contributed by atoms with Gasteiger partial charge in [-0.2, -0.15) is 0 Å². The number of nitrogens with zero attached hydrogens (tertiary/aromatic N) is 2. The van der Waals surface area contributed by atoms with Crippen LogP contribution in [-0.2, 0) is 0 Å². The van der Waals surface area contributed by atoms with Gasteiger partial charge in [0.25, 0.3) is 0 Å². The monoisotopic (exact) mass is 488 g/mol. The lowest BCUT2D eigenvalue weighted by Gasteiger charge is -2.13. The molecule has 0 amide bonds. The fourth-order valence-electron chi connectivity index (χ4n) is 5.59. The van der Waals surface area contributed by atoms with Crippen LogP contribution < -0.4 is 0 Å². The van der Waals surface area contributed by atoms with Gasteiger partial charge in [-0.3, -0.25) is 4.98 Å². The van der Waals surface area contributed by atoms with Crippen molar-refractivity contribution in [2.45, 2.75) is 0 Å². The zero-order valence-electron chi connectivity index (χ0n) is 19.8. The normalized spacial score (nSPS) is 11.8. The van der Waals surface area contributed by atoms with E-state index in [4.69, 9.17) is 4.98 Å². The second-order valence-electron chi connectivity index (χ2n) is 9.40. The van der Waals surface area contributed by atoms with Crippen molar-refractivity contribution in [1.82, 2.24) is 9.97 Å². The smallest absolute Gasteiger partial charge is 0.0972 e. The summed E-state index contributed by atoms with van der Waals surface area (Å²) in [6.07, 6.45) is 1.84. The van der Waals surface area contributed by atoms with E-state index in [0.717, 1.165) is 33.1 Å². The molecule has 8 rings (SSSR count). The first kappa shape index (κ1) is 20.6. The molecule has 8 aromatic rings. The average Bonchev–Trinajstić information content (AvgIpc) is 3.35. The van der Waals surface area contributed by atoms with Crippen LogP contribution in [-0.4, -0.2) is 9.97 Å². The highest BCUT2D eigenvalue weighted by Gasteiger charge is 2.15. The van der Waals surface area contributed by atoms with E-state index in [0.29, 0.717) is 0 Å². The average molecular weight is 489 g/mol. The van der Waals surface area contributed by atoms with Crippen LogP contribution in [0.25, 0.3) is 75.1 Å². The van der Waals surface area contributed by atoms with Gasteiger partial charge in [0.2, 0.25) is 0 Å². The minimum absolute atomic E-state index is 0.943. The number of hydrogen-bond donors (Lipinski definition) is 0. The van der Waals surface area contributed by atoms with Crippen molar-refractivity contribution >= 4 is 64.1 Å². The Morgan fingerprint density at radius 2 is 1.16 bits per heavy atom. The van der Waals surface area contributed by atoms with Gasteiger partial charge >= 0.3 is 0 Å². The second-order valence-corrected chi connectivity index (χ2v) is 10.4. The molecule has 0 atom stereocenters. The molecule has 3 aromatic heterocycles. The zero-order valence-corrected chi connectivity index (χ0v) is 20.7. The van der Waals surface area contributed by atoms with Crippen LogP contribution in [0.2, 0.25) is 0 Å². The molecule has 5 aromatic carbocycles. The summed E-state index contributed by atoms with van der Waals surface area (Å²) >= 11 is 1.88. The Morgan fingerprint density at radius 3 is 2.05 bits per heavy atom. The van der Waals surface area contributed by atoms with Crippen molar-refractivity contribution in [3.63, 3.8) is 0 Å². The summed E-state index contributed by atoms with van der Waals surface area (Å²) in [5, 5.41) is 7.30. The maximum atomic E-state index is 5.14. The molecule has 3 heteroatoms. The Kier molecular flexibility index (Phi) is 4.42. The molecule has 0 aliphatic heterocycles. The van der Waals surface area contributed by atoms with E-state index in [9.17, 15) is 0 Å². The number of thiophene rings is 1. The van der Waals surface area contributed by atoms with Crippen LogP contribution in [0.3, 0.4) is 0 Å². The van der Waals surface area contributed by atoms with E-state index >= 15 is 0 Å². The van der Waals surface area contributed by atoms with Crippen molar-refractivity contribution in [3.05, 3.63) is 121 Å². The van der Waals surface area contributed by atoms with Crippen molar-refractivity contribution in [1.29, 1.82) is 0 Å². The fourth-order valence-corrected chi connectivity index (χ4v) is 6.82. The molecule has 0 saturated heterocycles. The van der Waals surface area contributed by atoms with Gasteiger partial charge in [-0.1, -0.05) is 97.1 Å². The molecule has 3 heterocycles. The molecule has 0 radical (unpaired) electrons. The van der Waals surface area contributed by atoms with Crippen molar-refractivity contribution in [2.75, 3.05) is 0 Å². The molecule has 2 nitrogen and oxygen atoms in total. The van der Waals surface area contributed by atoms with Gasteiger partial charge in [0.15, 0.2) is 0 Å². The van der Waals surface area contributed by atoms with Gasteiger partial charge in [0, 0.05) is 48.3 Å². The third kappa shape index (κ3) is 3.11. The molecule has 0 unspecified atom stereocenters. The summed E-state index contributed by atoms with van der Waals surface area (Å²) in [5.74, 6) is 0. The Labute approximate surface area is 217 Å². The fraction of sp³-hybridized carbons (Fsp3) is 0. The summed E-state index contributed by atoms with van der Waals surface area (Å²) in [4.78, 5) is 9.79. The standard InChI is InChI=1S/C34H20N2S/c1-2-9-24-23(8-1)25(28-11-5-12-29-27-10-3-4-13-31(27)37-34(28)29)17-18-26(24)30-19-16-22-15-14-21-7-6-20-35-32(21)33(22)36-30/h1-20H. The van der Waals surface area contributed by atoms with E-state index in [1.54, 1.807) is 0 Å². The predicted octanol–water partition coefficient (Wildman–Crippen LogP) is 9.64. The highest BCUT2D eigenvalue weighted by atomic mass is 32.1. The molecule has 37 heavy (non-hydrogen) atoms. The first-order chi connectivity index (χ1) is 18.3. The van der Waals surface area contributed by atoms with Crippen LogP contribution in [0.15, 0.2) is 121 Å². The van der Waals surface area contributed by atoms with Crippen LogP contribution in [0.5, 0.6) is 0 Å². The number of benzene rings is 5. The first-order valence-electron chi connectivity index (χ1n) is 12.4. The topological polar surface area (TPSA) is 25.8 Å². The van der Waals surface area contributed by atoms with Crippen molar-refractivity contribution in [3.8, 4) is 22.4 Å². The van der Waals surface area contributed by atoms with E-state index in [1.807, 2.05) is 23.6 Å². The van der Waals surface area contributed by atoms with E-state index in [1.165, 1.54) is 42.1 Å². The maximum Gasteiger partial charge on any atom is 0.0972 e. The van der Waals surface area contributed by atoms with Crippen molar-refractivity contribution < 1.29 is 0 Å². The van der Waals surface area contributed by atoms with E-state index < -0.39 is 0 Å². The third-order valence-electron chi connectivity index (χ3n) is 7.33. The van der Waals surface area contributed by atoms with Gasteiger partial charge in [0.1, 0.15) is 0 Å². The number of pyridine rings is 2. The quantitative estimate of drug-likeness (QED) is 0.226. The molecule has 0 spiro atoms. The second kappa shape index (κ2) is 7.95. The van der Waals surface area contributed by atoms with Crippen LogP contribution in [0, 0.1) is 0 Å². The number of fused-ring (bicyclic) bond motifs is 7. The Balaban J connectivity index is 1.38. The molecule has 0 saturated carbocycles. The highest BCUT2D eigenvalue weighted by molar-refractivity contribution is 7.26.